The molecule has 0 radical (unpaired) electrons. The molecule has 3 heterocycles. The number of primary amides is 1. The predicted octanol–water partition coefficient (Wildman–Crippen LogP) is 3.39. The summed E-state index contributed by atoms with van der Waals surface area (Å²) >= 11 is 0. The number of urea groups is 1. The molecular formula is C22H19N9O3. The standard InChI is InChI=1S/C22H19N9O3/c23-21(32)29-20-17(11-26-31-20)13-1-4-16(5-2-13)33-12-34-19-7-8-24-22(28-19)27-15-3-6-18-14(9-15)10-25-30-18/h1-11H,12H2,(H,25,30)(H,24,27,28)(H4,23,26,29,31,32). The Bertz CT molecular complexity index is 1430. The number of carbonyl (C=O) groups excluding carboxylic acids is 1. The van der Waals surface area contributed by atoms with Crippen molar-refractivity contribution in [1.82, 2.24) is 30.4 Å². The minimum Gasteiger partial charge on any atom is -0.457 e. The molecule has 0 bridgehead atoms. The molecule has 12 heteroatoms. The Kier molecular flexibility index (Phi) is 5.59. The summed E-state index contributed by atoms with van der Waals surface area (Å²) in [6.45, 7) is -0.0447. The molecule has 5 aromatic rings. The number of fused-ring (bicyclic) bond motifs is 1. The van der Waals surface area contributed by atoms with Crippen molar-refractivity contribution in [2.24, 2.45) is 5.73 Å². The highest BCUT2D eigenvalue weighted by atomic mass is 16.7. The lowest BCUT2D eigenvalue weighted by Crippen LogP contribution is -2.19. The summed E-state index contributed by atoms with van der Waals surface area (Å²) in [7, 11) is 0. The van der Waals surface area contributed by atoms with Crippen LogP contribution in [0.5, 0.6) is 11.6 Å². The van der Waals surface area contributed by atoms with E-state index in [1.165, 1.54) is 0 Å². The summed E-state index contributed by atoms with van der Waals surface area (Å²) in [5.41, 5.74) is 8.47. The van der Waals surface area contributed by atoms with Gasteiger partial charge in [-0.15, -0.1) is 0 Å². The zero-order valence-corrected chi connectivity index (χ0v) is 17.6. The van der Waals surface area contributed by atoms with Crippen LogP contribution < -0.4 is 25.8 Å². The molecule has 0 saturated heterocycles. The van der Waals surface area contributed by atoms with Crippen molar-refractivity contribution >= 4 is 34.4 Å². The molecule has 6 N–H and O–H groups in total. The first kappa shape index (κ1) is 20.8. The van der Waals surface area contributed by atoms with E-state index in [1.807, 2.05) is 30.3 Å². The number of rotatable bonds is 8. The smallest absolute Gasteiger partial charge is 0.317 e. The molecule has 34 heavy (non-hydrogen) atoms. The monoisotopic (exact) mass is 457 g/mol. The third-order valence-electron chi connectivity index (χ3n) is 4.81. The van der Waals surface area contributed by atoms with Crippen molar-refractivity contribution in [2.45, 2.75) is 0 Å². The number of hydrogen-bond acceptors (Lipinski definition) is 8. The van der Waals surface area contributed by atoms with E-state index in [0.29, 0.717) is 29.0 Å². The number of carbonyl (C=O) groups is 1. The molecule has 3 aromatic heterocycles. The van der Waals surface area contributed by atoms with Crippen LogP contribution in [0.25, 0.3) is 22.0 Å². The van der Waals surface area contributed by atoms with E-state index in [0.717, 1.165) is 22.2 Å². The van der Waals surface area contributed by atoms with Crippen LogP contribution in [0.15, 0.2) is 67.1 Å². The van der Waals surface area contributed by atoms with E-state index in [4.69, 9.17) is 15.2 Å². The number of nitrogens with one attached hydrogen (secondary N) is 4. The Labute approximate surface area is 192 Å². The Morgan fingerprint density at radius 2 is 1.85 bits per heavy atom. The molecule has 0 unspecified atom stereocenters. The maximum absolute atomic E-state index is 11.1. The molecule has 0 fully saturated rings. The maximum Gasteiger partial charge on any atom is 0.317 e. The van der Waals surface area contributed by atoms with Gasteiger partial charge in [0.05, 0.1) is 17.9 Å². The van der Waals surface area contributed by atoms with Gasteiger partial charge in [-0.25, -0.2) is 9.78 Å². The second kappa shape index (κ2) is 9.16. The van der Waals surface area contributed by atoms with Crippen LogP contribution in [-0.2, 0) is 0 Å². The first-order valence-corrected chi connectivity index (χ1v) is 10.1. The molecule has 2 amide bonds. The molecule has 0 spiro atoms. The molecule has 0 atom stereocenters. The largest absolute Gasteiger partial charge is 0.457 e. The number of aromatic nitrogens is 6. The first-order valence-electron chi connectivity index (χ1n) is 10.1. The number of H-pyrrole nitrogens is 2. The highest BCUT2D eigenvalue weighted by Gasteiger charge is 2.09. The van der Waals surface area contributed by atoms with Gasteiger partial charge in [0.25, 0.3) is 0 Å². The molecule has 0 aliphatic carbocycles. The Hall–Kier alpha value is -5.13. The van der Waals surface area contributed by atoms with Crippen LogP contribution in [0.3, 0.4) is 0 Å². The second-order valence-electron chi connectivity index (χ2n) is 7.09. The van der Waals surface area contributed by atoms with Crippen molar-refractivity contribution in [3.8, 4) is 22.8 Å². The Morgan fingerprint density at radius 1 is 1.00 bits per heavy atom. The summed E-state index contributed by atoms with van der Waals surface area (Å²) in [6, 6.07) is 13.9. The lowest BCUT2D eigenvalue weighted by molar-refractivity contribution is 0.115. The van der Waals surface area contributed by atoms with Gasteiger partial charge in [0.1, 0.15) is 11.6 Å². The Morgan fingerprint density at radius 3 is 2.71 bits per heavy atom. The van der Waals surface area contributed by atoms with Crippen LogP contribution in [-0.4, -0.2) is 43.2 Å². The van der Waals surface area contributed by atoms with Gasteiger partial charge in [0.15, 0.2) is 0 Å². The van der Waals surface area contributed by atoms with Gasteiger partial charge in [-0.2, -0.15) is 15.2 Å². The van der Waals surface area contributed by atoms with E-state index in [1.54, 1.807) is 36.8 Å². The molecule has 0 saturated carbocycles. The van der Waals surface area contributed by atoms with Crippen LogP contribution in [0.1, 0.15) is 0 Å². The maximum atomic E-state index is 11.1. The van der Waals surface area contributed by atoms with Crippen molar-refractivity contribution in [3.63, 3.8) is 0 Å². The van der Waals surface area contributed by atoms with Crippen LogP contribution >= 0.6 is 0 Å². The van der Waals surface area contributed by atoms with Crippen LogP contribution in [0.4, 0.5) is 22.2 Å². The van der Waals surface area contributed by atoms with Gasteiger partial charge < -0.3 is 20.5 Å². The fourth-order valence-corrected chi connectivity index (χ4v) is 3.24. The van der Waals surface area contributed by atoms with Gasteiger partial charge >= 0.3 is 6.03 Å². The van der Waals surface area contributed by atoms with Crippen LogP contribution in [0.2, 0.25) is 0 Å². The molecular weight excluding hydrogens is 438 g/mol. The number of aromatic amines is 2. The lowest BCUT2D eigenvalue weighted by atomic mass is 10.1. The van der Waals surface area contributed by atoms with E-state index in [2.05, 4.69) is 41.0 Å². The van der Waals surface area contributed by atoms with Crippen molar-refractivity contribution in [1.29, 1.82) is 0 Å². The molecule has 0 aliphatic rings. The van der Waals surface area contributed by atoms with Crippen LogP contribution in [0, 0.1) is 0 Å². The summed E-state index contributed by atoms with van der Waals surface area (Å²) in [5.74, 6) is 1.77. The highest BCUT2D eigenvalue weighted by molar-refractivity contribution is 5.91. The third-order valence-corrected chi connectivity index (χ3v) is 4.81. The zero-order valence-electron chi connectivity index (χ0n) is 17.6. The third kappa shape index (κ3) is 4.70. The van der Waals surface area contributed by atoms with Gasteiger partial charge in [-0.1, -0.05) is 12.1 Å². The number of hydrogen-bond donors (Lipinski definition) is 5. The predicted molar refractivity (Wildman–Crippen MR) is 125 cm³/mol. The minimum atomic E-state index is -0.676. The SMILES string of the molecule is NC(=O)Nc1[nH]ncc1-c1ccc(OCOc2ccnc(Nc3ccc4[nH]ncc4c3)n2)cc1. The first-order chi connectivity index (χ1) is 16.6. The lowest BCUT2D eigenvalue weighted by Gasteiger charge is -2.10. The number of ether oxygens (including phenoxy) is 2. The topological polar surface area (TPSA) is 169 Å². The summed E-state index contributed by atoms with van der Waals surface area (Å²) in [5, 5.41) is 20.2. The molecule has 2 aromatic carbocycles. The van der Waals surface area contributed by atoms with Gasteiger partial charge in [-0.05, 0) is 35.9 Å². The van der Waals surface area contributed by atoms with E-state index in [9.17, 15) is 4.79 Å². The number of benzene rings is 2. The van der Waals surface area contributed by atoms with E-state index < -0.39 is 6.03 Å². The van der Waals surface area contributed by atoms with Gasteiger partial charge in [0, 0.05) is 28.9 Å². The fraction of sp³-hybridized carbons (Fsp3) is 0.0455. The summed E-state index contributed by atoms with van der Waals surface area (Å²) in [6.07, 6.45) is 4.94. The van der Waals surface area contributed by atoms with E-state index in [-0.39, 0.29) is 6.79 Å². The van der Waals surface area contributed by atoms with Gasteiger partial charge in [-0.3, -0.25) is 15.5 Å². The average Bonchev–Trinajstić information content (AvgIpc) is 3.49. The Balaban J connectivity index is 1.17. The molecule has 0 aliphatic heterocycles. The number of anilines is 3. The average molecular weight is 457 g/mol. The minimum absolute atomic E-state index is 0.0447. The number of amides is 2. The van der Waals surface area contributed by atoms with Gasteiger partial charge in [0.2, 0.25) is 18.6 Å². The van der Waals surface area contributed by atoms with E-state index >= 15 is 0 Å². The summed E-state index contributed by atoms with van der Waals surface area (Å²) in [4.78, 5) is 19.7. The quantitative estimate of drug-likeness (QED) is 0.221. The van der Waals surface area contributed by atoms with Crippen molar-refractivity contribution in [3.05, 3.63) is 67.1 Å². The molecule has 5 rings (SSSR count). The zero-order chi connectivity index (χ0) is 23.3. The number of nitrogens with two attached hydrogens (primary N) is 1. The molecule has 170 valence electrons. The van der Waals surface area contributed by atoms with Crippen molar-refractivity contribution < 1.29 is 14.3 Å². The van der Waals surface area contributed by atoms with Crippen molar-refractivity contribution in [2.75, 3.05) is 17.4 Å². The second-order valence-corrected chi connectivity index (χ2v) is 7.09. The molecule has 12 nitrogen and oxygen atoms in total. The normalized spacial score (nSPS) is 10.7. The fourth-order valence-electron chi connectivity index (χ4n) is 3.24. The highest BCUT2D eigenvalue weighted by Crippen LogP contribution is 2.27. The summed E-state index contributed by atoms with van der Waals surface area (Å²) < 4.78 is 11.3. The number of nitrogens with zero attached hydrogens (tertiary/aromatic N) is 4.